The number of hydrogen-bond acceptors (Lipinski definition) is 3. The second-order valence-electron chi connectivity index (χ2n) is 4.54. The predicted molar refractivity (Wildman–Crippen MR) is 82.1 cm³/mol. The molecule has 1 aromatic carbocycles. The molecule has 1 aliphatic heterocycles. The van der Waals surface area contributed by atoms with Crippen LogP contribution in [-0.4, -0.2) is 17.6 Å². The van der Waals surface area contributed by atoms with Gasteiger partial charge in [0.1, 0.15) is 5.75 Å². The number of carbonyl (C=O) groups excluding carboxylic acids is 2. The summed E-state index contributed by atoms with van der Waals surface area (Å²) in [4.78, 5) is 27.8. The number of hydrogen-bond donors (Lipinski definition) is 0. The number of amides is 1. The third-order valence-electron chi connectivity index (χ3n) is 3.11. The zero-order valence-corrected chi connectivity index (χ0v) is 12.4. The van der Waals surface area contributed by atoms with Crippen LogP contribution in [0.1, 0.15) is 0 Å². The molecule has 0 saturated carbocycles. The van der Waals surface area contributed by atoms with Crippen molar-refractivity contribution >= 4 is 33.5 Å². The highest BCUT2D eigenvalue weighted by Crippen LogP contribution is 2.25. The van der Waals surface area contributed by atoms with E-state index in [-0.39, 0.29) is 5.92 Å². The van der Waals surface area contributed by atoms with Crippen molar-refractivity contribution in [1.82, 2.24) is 0 Å². The Kier molecular flexibility index (Phi) is 3.66. The van der Waals surface area contributed by atoms with Gasteiger partial charge in [-0.2, -0.15) is 0 Å². The molecule has 0 bridgehead atoms. The molecule has 1 amide bonds. The molecule has 1 heterocycles. The van der Waals surface area contributed by atoms with E-state index in [1.54, 1.807) is 36.4 Å². The third-order valence-corrected chi connectivity index (χ3v) is 3.64. The monoisotopic (exact) mass is 343 g/mol. The third kappa shape index (κ3) is 2.92. The molecule has 1 aliphatic carbocycles. The maximum absolute atomic E-state index is 12.3. The van der Waals surface area contributed by atoms with Gasteiger partial charge < -0.3 is 4.74 Å². The number of aliphatic imine (C=N–C) groups is 1. The Labute approximate surface area is 129 Å². The molecule has 0 aromatic heterocycles. The van der Waals surface area contributed by atoms with Gasteiger partial charge in [-0.05, 0) is 30.3 Å². The minimum Gasteiger partial charge on any atom is -0.423 e. The first-order valence-corrected chi connectivity index (χ1v) is 7.09. The molecule has 5 heteroatoms. The summed E-state index contributed by atoms with van der Waals surface area (Å²) in [6.07, 6.45) is 8.38. The Morgan fingerprint density at radius 3 is 2.71 bits per heavy atom. The molecule has 2 aliphatic rings. The summed E-state index contributed by atoms with van der Waals surface area (Å²) in [6.45, 7) is 0. The largest absolute Gasteiger partial charge is 0.423 e. The van der Waals surface area contributed by atoms with Crippen LogP contribution in [0.3, 0.4) is 0 Å². The minimum atomic E-state index is -0.539. The topological polar surface area (TPSA) is 55.7 Å². The van der Waals surface area contributed by atoms with Crippen molar-refractivity contribution in [1.29, 1.82) is 0 Å². The molecule has 4 nitrogen and oxygen atoms in total. The van der Waals surface area contributed by atoms with Crippen LogP contribution in [0.25, 0.3) is 0 Å². The van der Waals surface area contributed by atoms with E-state index >= 15 is 0 Å². The smallest absolute Gasteiger partial charge is 0.340 e. The van der Waals surface area contributed by atoms with E-state index in [0.29, 0.717) is 17.0 Å². The van der Waals surface area contributed by atoms with Crippen LogP contribution < -0.4 is 4.74 Å². The standard InChI is InChI=1S/C16H10BrNO3/c17-10-5-7-11(8-6-10)21-16(20)13-9-15(19)18-14-4-2-1-3-12(13)14/h1-9,12H. The molecular weight excluding hydrogens is 334 g/mol. The van der Waals surface area contributed by atoms with Gasteiger partial charge in [-0.25, -0.2) is 9.79 Å². The van der Waals surface area contributed by atoms with E-state index in [2.05, 4.69) is 20.9 Å². The number of fused-ring (bicyclic) bond motifs is 1. The molecule has 1 atom stereocenters. The quantitative estimate of drug-likeness (QED) is 0.612. The van der Waals surface area contributed by atoms with Crippen molar-refractivity contribution in [3.8, 4) is 5.75 Å². The summed E-state index contributed by atoms with van der Waals surface area (Å²) in [5, 5.41) is 0. The fourth-order valence-electron chi connectivity index (χ4n) is 2.14. The molecule has 1 aromatic rings. The molecular formula is C16H10BrNO3. The fraction of sp³-hybridized carbons (Fsp3) is 0.0625. The summed E-state index contributed by atoms with van der Waals surface area (Å²) in [6, 6.07) is 6.91. The second-order valence-corrected chi connectivity index (χ2v) is 5.46. The Morgan fingerprint density at radius 2 is 1.95 bits per heavy atom. The van der Waals surface area contributed by atoms with Gasteiger partial charge in [0, 0.05) is 10.5 Å². The summed E-state index contributed by atoms with van der Waals surface area (Å²) < 4.78 is 6.21. The summed E-state index contributed by atoms with van der Waals surface area (Å²) >= 11 is 3.31. The number of esters is 1. The number of dihydropyridines is 1. The molecule has 1 unspecified atom stereocenters. The first kappa shape index (κ1) is 13.7. The first-order valence-electron chi connectivity index (χ1n) is 6.30. The van der Waals surface area contributed by atoms with Crippen molar-refractivity contribution in [2.75, 3.05) is 0 Å². The molecule has 104 valence electrons. The first-order chi connectivity index (χ1) is 10.1. The van der Waals surface area contributed by atoms with Gasteiger partial charge in [-0.15, -0.1) is 0 Å². The van der Waals surface area contributed by atoms with Crippen LogP contribution in [0, 0.1) is 5.92 Å². The average Bonchev–Trinajstić information content (AvgIpc) is 2.48. The average molecular weight is 344 g/mol. The van der Waals surface area contributed by atoms with E-state index in [1.165, 1.54) is 6.08 Å². The van der Waals surface area contributed by atoms with Crippen LogP contribution in [0.2, 0.25) is 0 Å². The van der Waals surface area contributed by atoms with Gasteiger partial charge in [0.2, 0.25) is 0 Å². The normalized spacial score (nSPS) is 19.7. The minimum absolute atomic E-state index is 0.300. The zero-order valence-electron chi connectivity index (χ0n) is 10.8. The Balaban J connectivity index is 1.84. The number of benzene rings is 1. The van der Waals surface area contributed by atoms with E-state index in [9.17, 15) is 9.59 Å². The van der Waals surface area contributed by atoms with E-state index in [1.807, 2.05) is 12.2 Å². The highest BCUT2D eigenvalue weighted by Gasteiger charge is 2.29. The lowest BCUT2D eigenvalue weighted by atomic mass is 9.88. The molecule has 0 spiro atoms. The van der Waals surface area contributed by atoms with Crippen LogP contribution in [-0.2, 0) is 9.59 Å². The van der Waals surface area contributed by atoms with Crippen molar-refractivity contribution in [2.45, 2.75) is 0 Å². The van der Waals surface area contributed by atoms with Crippen molar-refractivity contribution in [3.63, 3.8) is 0 Å². The van der Waals surface area contributed by atoms with Crippen LogP contribution in [0.5, 0.6) is 5.75 Å². The van der Waals surface area contributed by atoms with Crippen molar-refractivity contribution in [3.05, 3.63) is 64.7 Å². The Hall–Kier alpha value is -2.27. The molecule has 0 radical (unpaired) electrons. The number of ether oxygens (including phenoxy) is 1. The summed E-state index contributed by atoms with van der Waals surface area (Å²) in [5.74, 6) is -0.876. The SMILES string of the molecule is O=C1C=C(C(=O)Oc2ccc(Br)cc2)C2C=CC=CC2=N1. The van der Waals surface area contributed by atoms with Crippen LogP contribution in [0.15, 0.2) is 69.7 Å². The summed E-state index contributed by atoms with van der Waals surface area (Å²) in [7, 11) is 0. The van der Waals surface area contributed by atoms with Gasteiger partial charge in [0.25, 0.3) is 5.91 Å². The zero-order chi connectivity index (χ0) is 14.8. The number of rotatable bonds is 2. The van der Waals surface area contributed by atoms with E-state index in [4.69, 9.17) is 4.74 Å². The molecule has 21 heavy (non-hydrogen) atoms. The highest BCUT2D eigenvalue weighted by molar-refractivity contribution is 9.10. The summed E-state index contributed by atoms with van der Waals surface area (Å²) in [5.41, 5.74) is 0.862. The maximum Gasteiger partial charge on any atom is 0.340 e. The maximum atomic E-state index is 12.3. The molecule has 0 fully saturated rings. The lowest BCUT2D eigenvalue weighted by molar-refractivity contribution is -0.130. The van der Waals surface area contributed by atoms with Crippen LogP contribution in [0.4, 0.5) is 0 Å². The van der Waals surface area contributed by atoms with Gasteiger partial charge in [0.15, 0.2) is 0 Å². The van der Waals surface area contributed by atoms with Gasteiger partial charge >= 0.3 is 5.97 Å². The number of nitrogens with zero attached hydrogens (tertiary/aromatic N) is 1. The van der Waals surface area contributed by atoms with E-state index < -0.39 is 11.9 Å². The number of halogens is 1. The molecule has 0 N–H and O–H groups in total. The fourth-order valence-corrected chi connectivity index (χ4v) is 2.40. The van der Waals surface area contributed by atoms with E-state index in [0.717, 1.165) is 4.47 Å². The predicted octanol–water partition coefficient (Wildman–Crippen LogP) is 3.00. The van der Waals surface area contributed by atoms with Gasteiger partial charge in [0.05, 0.1) is 17.2 Å². The van der Waals surface area contributed by atoms with Gasteiger partial charge in [-0.3, -0.25) is 4.79 Å². The van der Waals surface area contributed by atoms with Crippen molar-refractivity contribution in [2.24, 2.45) is 10.9 Å². The van der Waals surface area contributed by atoms with Crippen LogP contribution >= 0.6 is 15.9 Å². The number of allylic oxidation sites excluding steroid dienone is 4. The second kappa shape index (κ2) is 5.61. The highest BCUT2D eigenvalue weighted by atomic mass is 79.9. The number of carbonyl (C=O) groups is 2. The molecule has 0 saturated heterocycles. The van der Waals surface area contributed by atoms with Crippen molar-refractivity contribution < 1.29 is 14.3 Å². The lowest BCUT2D eigenvalue weighted by Gasteiger charge is -2.20. The Bertz CT molecular complexity index is 726. The Morgan fingerprint density at radius 1 is 1.19 bits per heavy atom. The molecule has 3 rings (SSSR count). The van der Waals surface area contributed by atoms with Gasteiger partial charge in [-0.1, -0.05) is 34.2 Å². The lowest BCUT2D eigenvalue weighted by Crippen LogP contribution is -2.27.